The molecule has 2 amide bonds. The number of anilines is 1. The Balaban J connectivity index is 1.63. The van der Waals surface area contributed by atoms with Crippen LogP contribution in [0.1, 0.15) is 26.3 Å². The zero-order valence-corrected chi connectivity index (χ0v) is 15.3. The molecule has 3 aromatic carbocycles. The number of hydrogen-bond acceptors (Lipinski definition) is 3. The van der Waals surface area contributed by atoms with Crippen LogP contribution >= 0.6 is 23.4 Å². The van der Waals surface area contributed by atoms with E-state index in [0.29, 0.717) is 21.8 Å². The molecule has 1 aliphatic heterocycles. The fourth-order valence-corrected chi connectivity index (χ4v) is 4.04. The van der Waals surface area contributed by atoms with Gasteiger partial charge in [0.15, 0.2) is 0 Å². The van der Waals surface area contributed by atoms with Crippen LogP contribution in [0.25, 0.3) is 0 Å². The number of halogens is 1. The molecule has 128 valence electrons. The lowest BCUT2D eigenvalue weighted by molar-refractivity contribution is 0.0925. The first-order valence-corrected chi connectivity index (χ1v) is 9.45. The molecule has 26 heavy (non-hydrogen) atoms. The Kier molecular flexibility index (Phi) is 4.53. The van der Waals surface area contributed by atoms with Crippen LogP contribution in [0.15, 0.2) is 77.7 Å². The number of imide groups is 1. The SMILES string of the molecule is O=C1c2ccccc2C(=O)N1c1ccccc1SCc1ccc(Cl)cc1. The predicted octanol–water partition coefficient (Wildman–Crippen LogP) is 5.43. The Hall–Kier alpha value is -2.56. The van der Waals surface area contributed by atoms with Crippen molar-refractivity contribution in [3.8, 4) is 0 Å². The molecule has 4 rings (SSSR count). The van der Waals surface area contributed by atoms with E-state index in [-0.39, 0.29) is 11.8 Å². The second-order valence-corrected chi connectivity index (χ2v) is 7.33. The summed E-state index contributed by atoms with van der Waals surface area (Å²) in [5, 5.41) is 0.699. The lowest BCUT2D eigenvalue weighted by Gasteiger charge is -2.17. The lowest BCUT2D eigenvalue weighted by atomic mass is 10.1. The second-order valence-electron chi connectivity index (χ2n) is 5.87. The van der Waals surface area contributed by atoms with Gasteiger partial charge in [-0.15, -0.1) is 11.8 Å². The van der Waals surface area contributed by atoms with Gasteiger partial charge in [0.25, 0.3) is 11.8 Å². The quantitative estimate of drug-likeness (QED) is 0.448. The number of carbonyl (C=O) groups is 2. The zero-order chi connectivity index (χ0) is 18.1. The highest BCUT2D eigenvalue weighted by atomic mass is 35.5. The van der Waals surface area contributed by atoms with E-state index in [1.54, 1.807) is 36.0 Å². The van der Waals surface area contributed by atoms with Gasteiger partial charge in [-0.1, -0.05) is 48.0 Å². The zero-order valence-electron chi connectivity index (χ0n) is 13.7. The summed E-state index contributed by atoms with van der Waals surface area (Å²) < 4.78 is 0. The van der Waals surface area contributed by atoms with Gasteiger partial charge >= 0.3 is 0 Å². The number of para-hydroxylation sites is 1. The Morgan fingerprint density at radius 2 is 1.35 bits per heavy atom. The molecule has 0 saturated heterocycles. The standard InChI is InChI=1S/C21H14ClNO2S/c22-15-11-9-14(10-12-15)13-26-19-8-4-3-7-18(19)23-20(24)16-5-1-2-6-17(16)21(23)25/h1-12H,13H2. The number of hydrogen-bond donors (Lipinski definition) is 0. The third-order valence-corrected chi connectivity index (χ3v) is 5.59. The van der Waals surface area contributed by atoms with E-state index in [4.69, 9.17) is 11.6 Å². The fourth-order valence-electron chi connectivity index (χ4n) is 2.91. The van der Waals surface area contributed by atoms with Crippen LogP contribution in [0, 0.1) is 0 Å². The monoisotopic (exact) mass is 379 g/mol. The van der Waals surface area contributed by atoms with E-state index in [1.807, 2.05) is 48.5 Å². The molecular formula is C21H14ClNO2S. The third kappa shape index (κ3) is 3.02. The van der Waals surface area contributed by atoms with Crippen LogP contribution in [-0.4, -0.2) is 11.8 Å². The van der Waals surface area contributed by atoms with E-state index in [0.717, 1.165) is 16.2 Å². The van der Waals surface area contributed by atoms with Crippen molar-refractivity contribution in [3.63, 3.8) is 0 Å². The van der Waals surface area contributed by atoms with Gasteiger partial charge < -0.3 is 0 Å². The van der Waals surface area contributed by atoms with Gasteiger partial charge in [-0.3, -0.25) is 9.59 Å². The highest BCUT2D eigenvalue weighted by molar-refractivity contribution is 7.98. The Bertz CT molecular complexity index is 966. The molecule has 0 aliphatic carbocycles. The summed E-state index contributed by atoms with van der Waals surface area (Å²) in [6.45, 7) is 0. The first-order chi connectivity index (χ1) is 12.6. The summed E-state index contributed by atoms with van der Waals surface area (Å²) in [5.74, 6) is 0.174. The van der Waals surface area contributed by atoms with Crippen LogP contribution in [-0.2, 0) is 5.75 Å². The molecule has 1 aliphatic rings. The molecule has 0 radical (unpaired) electrons. The van der Waals surface area contributed by atoms with Crippen LogP contribution in [0.5, 0.6) is 0 Å². The average Bonchev–Trinajstić information content (AvgIpc) is 2.93. The van der Waals surface area contributed by atoms with E-state index in [1.165, 1.54) is 4.90 Å². The number of carbonyl (C=O) groups excluding carboxylic acids is 2. The maximum atomic E-state index is 12.8. The predicted molar refractivity (Wildman–Crippen MR) is 105 cm³/mol. The van der Waals surface area contributed by atoms with Gasteiger partial charge in [0.1, 0.15) is 0 Å². The summed E-state index contributed by atoms with van der Waals surface area (Å²) >= 11 is 7.51. The molecule has 0 spiro atoms. The van der Waals surface area contributed by atoms with Crippen molar-refractivity contribution in [2.45, 2.75) is 10.6 Å². The third-order valence-electron chi connectivity index (χ3n) is 4.21. The van der Waals surface area contributed by atoms with Crippen molar-refractivity contribution in [2.24, 2.45) is 0 Å². The van der Waals surface area contributed by atoms with Crippen LogP contribution in [0.3, 0.4) is 0 Å². The average molecular weight is 380 g/mol. The van der Waals surface area contributed by atoms with E-state index < -0.39 is 0 Å². The molecule has 1 heterocycles. The molecule has 0 aromatic heterocycles. The minimum Gasteiger partial charge on any atom is -0.268 e. The molecule has 5 heteroatoms. The lowest BCUT2D eigenvalue weighted by Crippen LogP contribution is -2.29. The summed E-state index contributed by atoms with van der Waals surface area (Å²) in [4.78, 5) is 27.7. The summed E-state index contributed by atoms with van der Waals surface area (Å²) in [6.07, 6.45) is 0. The second kappa shape index (κ2) is 6.98. The van der Waals surface area contributed by atoms with Crippen LogP contribution < -0.4 is 4.90 Å². The van der Waals surface area contributed by atoms with E-state index >= 15 is 0 Å². The first-order valence-electron chi connectivity index (χ1n) is 8.09. The van der Waals surface area contributed by atoms with Gasteiger partial charge in [0.05, 0.1) is 16.8 Å². The maximum absolute atomic E-state index is 12.8. The fraction of sp³-hybridized carbons (Fsp3) is 0.0476. The molecule has 0 fully saturated rings. The van der Waals surface area contributed by atoms with E-state index in [9.17, 15) is 9.59 Å². The van der Waals surface area contributed by atoms with Gasteiger partial charge in [0, 0.05) is 15.7 Å². The van der Waals surface area contributed by atoms with Gasteiger partial charge in [-0.25, -0.2) is 4.90 Å². The largest absolute Gasteiger partial charge is 0.268 e. The van der Waals surface area contributed by atoms with E-state index in [2.05, 4.69) is 0 Å². The van der Waals surface area contributed by atoms with Gasteiger partial charge in [-0.2, -0.15) is 0 Å². The van der Waals surface area contributed by atoms with Crippen LogP contribution in [0.4, 0.5) is 5.69 Å². The van der Waals surface area contributed by atoms with Gasteiger partial charge in [0.2, 0.25) is 0 Å². The summed E-state index contributed by atoms with van der Waals surface area (Å²) in [5.41, 5.74) is 2.65. The minimum absolute atomic E-state index is 0.273. The molecular weight excluding hydrogens is 366 g/mol. The normalized spacial score (nSPS) is 13.2. The van der Waals surface area contributed by atoms with Crippen molar-refractivity contribution in [1.29, 1.82) is 0 Å². The highest BCUT2D eigenvalue weighted by Crippen LogP contribution is 2.36. The van der Waals surface area contributed by atoms with Gasteiger partial charge in [-0.05, 0) is 42.0 Å². The summed E-state index contributed by atoms with van der Waals surface area (Å²) in [6, 6.07) is 22.1. The van der Waals surface area contributed by atoms with Crippen LogP contribution in [0.2, 0.25) is 5.02 Å². The van der Waals surface area contributed by atoms with Crippen molar-refractivity contribution < 1.29 is 9.59 Å². The molecule has 0 bridgehead atoms. The molecule has 0 saturated carbocycles. The number of nitrogens with zero attached hydrogens (tertiary/aromatic N) is 1. The topological polar surface area (TPSA) is 37.4 Å². The first kappa shape index (κ1) is 16.9. The Morgan fingerprint density at radius 3 is 2.00 bits per heavy atom. The number of rotatable bonds is 4. The molecule has 0 unspecified atom stereocenters. The molecule has 0 atom stereocenters. The Morgan fingerprint density at radius 1 is 0.769 bits per heavy atom. The Labute approximate surface area is 160 Å². The van der Waals surface area contributed by atoms with Crippen molar-refractivity contribution >= 4 is 40.9 Å². The number of fused-ring (bicyclic) bond motifs is 1. The van der Waals surface area contributed by atoms with Crippen molar-refractivity contribution in [2.75, 3.05) is 4.90 Å². The number of thioether (sulfide) groups is 1. The number of amides is 2. The van der Waals surface area contributed by atoms with Crippen molar-refractivity contribution in [3.05, 3.63) is 94.5 Å². The molecule has 3 nitrogen and oxygen atoms in total. The minimum atomic E-state index is -0.273. The maximum Gasteiger partial charge on any atom is 0.266 e. The smallest absolute Gasteiger partial charge is 0.266 e. The molecule has 3 aromatic rings. The molecule has 0 N–H and O–H groups in total. The highest BCUT2D eigenvalue weighted by Gasteiger charge is 2.37. The number of benzene rings is 3. The van der Waals surface area contributed by atoms with Crippen molar-refractivity contribution in [1.82, 2.24) is 0 Å². The summed E-state index contributed by atoms with van der Waals surface area (Å²) in [7, 11) is 0.